The van der Waals surface area contributed by atoms with E-state index in [2.05, 4.69) is 23.3 Å². The SMILES string of the molecule is C=C(C)C(=O)N[C@@H](CNc1ccc(CCC(=O)C2CC2)cc1C)C(C)=O. The summed E-state index contributed by atoms with van der Waals surface area (Å²) in [5.74, 6) is 0.261. The van der Waals surface area contributed by atoms with Crippen molar-refractivity contribution in [2.24, 2.45) is 5.92 Å². The third-order valence-corrected chi connectivity index (χ3v) is 4.66. The van der Waals surface area contributed by atoms with E-state index in [0.717, 1.165) is 36.1 Å². The summed E-state index contributed by atoms with van der Waals surface area (Å²) >= 11 is 0. The lowest BCUT2D eigenvalue weighted by molar-refractivity contribution is -0.124. The zero-order valence-corrected chi connectivity index (χ0v) is 15.9. The summed E-state index contributed by atoms with van der Waals surface area (Å²) in [6.45, 7) is 8.95. The van der Waals surface area contributed by atoms with Gasteiger partial charge in [-0.1, -0.05) is 18.7 Å². The van der Waals surface area contributed by atoms with Crippen molar-refractivity contribution in [2.75, 3.05) is 11.9 Å². The monoisotopic (exact) mass is 356 g/mol. The van der Waals surface area contributed by atoms with Crippen molar-refractivity contribution >= 4 is 23.2 Å². The van der Waals surface area contributed by atoms with Crippen LogP contribution in [-0.4, -0.2) is 30.1 Å². The van der Waals surface area contributed by atoms with E-state index in [9.17, 15) is 14.4 Å². The molecule has 1 amide bonds. The summed E-state index contributed by atoms with van der Waals surface area (Å²) in [6, 6.07) is 5.43. The average Bonchev–Trinajstić information content (AvgIpc) is 3.42. The summed E-state index contributed by atoms with van der Waals surface area (Å²) in [5.41, 5.74) is 3.48. The molecule has 0 heterocycles. The highest BCUT2D eigenvalue weighted by molar-refractivity contribution is 5.96. The first kappa shape index (κ1) is 19.9. The molecule has 1 aliphatic rings. The van der Waals surface area contributed by atoms with Gasteiger partial charge in [0.15, 0.2) is 5.78 Å². The van der Waals surface area contributed by atoms with Gasteiger partial charge >= 0.3 is 0 Å². The topological polar surface area (TPSA) is 75.3 Å². The molecule has 0 radical (unpaired) electrons. The molecule has 1 aromatic rings. The Morgan fingerprint density at radius 3 is 2.46 bits per heavy atom. The highest BCUT2D eigenvalue weighted by Gasteiger charge is 2.28. The molecule has 1 aliphatic carbocycles. The van der Waals surface area contributed by atoms with Crippen LogP contribution >= 0.6 is 0 Å². The lowest BCUT2D eigenvalue weighted by atomic mass is 10.0. The van der Waals surface area contributed by atoms with E-state index in [4.69, 9.17) is 0 Å². The van der Waals surface area contributed by atoms with Crippen molar-refractivity contribution in [2.45, 2.75) is 52.5 Å². The quantitative estimate of drug-likeness (QED) is 0.632. The van der Waals surface area contributed by atoms with E-state index in [1.165, 1.54) is 6.92 Å². The molecule has 1 saturated carbocycles. The lowest BCUT2D eigenvalue weighted by Crippen LogP contribution is -2.44. The summed E-state index contributed by atoms with van der Waals surface area (Å²) in [6.07, 6.45) is 3.48. The molecule has 0 spiro atoms. The molecule has 1 atom stereocenters. The van der Waals surface area contributed by atoms with Crippen LogP contribution in [0, 0.1) is 12.8 Å². The van der Waals surface area contributed by atoms with Gasteiger partial charge in [-0.3, -0.25) is 14.4 Å². The van der Waals surface area contributed by atoms with Gasteiger partial charge in [0.25, 0.3) is 0 Å². The van der Waals surface area contributed by atoms with Crippen molar-refractivity contribution in [1.82, 2.24) is 5.32 Å². The van der Waals surface area contributed by atoms with Crippen LogP contribution in [-0.2, 0) is 20.8 Å². The van der Waals surface area contributed by atoms with Crippen LogP contribution < -0.4 is 10.6 Å². The number of Topliss-reactive ketones (excluding diaryl/α,β-unsaturated/α-hetero) is 2. The number of carbonyl (C=O) groups is 3. The number of rotatable bonds is 10. The number of aryl methyl sites for hydroxylation is 2. The van der Waals surface area contributed by atoms with Crippen molar-refractivity contribution in [3.8, 4) is 0 Å². The van der Waals surface area contributed by atoms with Crippen molar-refractivity contribution in [3.05, 3.63) is 41.5 Å². The number of carbonyl (C=O) groups excluding carboxylic acids is 3. The highest BCUT2D eigenvalue weighted by atomic mass is 16.2. The van der Waals surface area contributed by atoms with Gasteiger partial charge in [0.1, 0.15) is 11.8 Å². The third-order valence-electron chi connectivity index (χ3n) is 4.66. The molecule has 140 valence electrons. The Bertz CT molecular complexity index is 720. The van der Waals surface area contributed by atoms with Gasteiger partial charge in [-0.15, -0.1) is 0 Å². The van der Waals surface area contributed by atoms with Crippen LogP contribution in [0.25, 0.3) is 0 Å². The second-order valence-corrected chi connectivity index (χ2v) is 7.19. The van der Waals surface area contributed by atoms with E-state index < -0.39 is 6.04 Å². The maximum atomic E-state index is 11.8. The van der Waals surface area contributed by atoms with Crippen LogP contribution in [0.2, 0.25) is 0 Å². The van der Waals surface area contributed by atoms with E-state index in [1.54, 1.807) is 6.92 Å². The second kappa shape index (κ2) is 8.79. The first-order valence-corrected chi connectivity index (χ1v) is 9.11. The average molecular weight is 356 g/mol. The predicted molar refractivity (Wildman–Crippen MR) is 103 cm³/mol. The molecule has 5 heteroatoms. The van der Waals surface area contributed by atoms with Crippen LogP contribution in [0.4, 0.5) is 5.69 Å². The number of hydrogen-bond acceptors (Lipinski definition) is 4. The molecule has 2 rings (SSSR count). The molecule has 1 fully saturated rings. The zero-order chi connectivity index (χ0) is 19.3. The van der Waals surface area contributed by atoms with Crippen molar-refractivity contribution in [3.63, 3.8) is 0 Å². The minimum Gasteiger partial charge on any atom is -0.382 e. The van der Waals surface area contributed by atoms with Gasteiger partial charge < -0.3 is 10.6 Å². The van der Waals surface area contributed by atoms with Crippen LogP contribution in [0.5, 0.6) is 0 Å². The zero-order valence-electron chi connectivity index (χ0n) is 15.9. The minimum atomic E-state index is -0.602. The van der Waals surface area contributed by atoms with Gasteiger partial charge in [0.05, 0.1) is 0 Å². The van der Waals surface area contributed by atoms with E-state index in [1.807, 2.05) is 19.1 Å². The lowest BCUT2D eigenvalue weighted by Gasteiger charge is -2.18. The maximum absolute atomic E-state index is 11.8. The fourth-order valence-corrected chi connectivity index (χ4v) is 2.75. The predicted octanol–water partition coefficient (Wildman–Crippen LogP) is 2.97. The Labute approximate surface area is 155 Å². The van der Waals surface area contributed by atoms with Gasteiger partial charge in [-0.2, -0.15) is 0 Å². The number of hydrogen-bond donors (Lipinski definition) is 2. The molecule has 26 heavy (non-hydrogen) atoms. The third kappa shape index (κ3) is 5.83. The first-order chi connectivity index (χ1) is 12.3. The van der Waals surface area contributed by atoms with Crippen LogP contribution in [0.15, 0.2) is 30.4 Å². The van der Waals surface area contributed by atoms with Crippen molar-refractivity contribution in [1.29, 1.82) is 0 Å². The molecule has 0 aromatic heterocycles. The molecular weight excluding hydrogens is 328 g/mol. The van der Waals surface area contributed by atoms with E-state index in [-0.39, 0.29) is 11.7 Å². The van der Waals surface area contributed by atoms with Gasteiger partial charge in [-0.25, -0.2) is 0 Å². The maximum Gasteiger partial charge on any atom is 0.246 e. The summed E-state index contributed by atoms with van der Waals surface area (Å²) in [4.78, 5) is 35.3. The Balaban J connectivity index is 1.91. The molecule has 5 nitrogen and oxygen atoms in total. The molecule has 2 N–H and O–H groups in total. The summed E-state index contributed by atoms with van der Waals surface area (Å²) in [7, 11) is 0. The van der Waals surface area contributed by atoms with Crippen LogP contribution in [0.1, 0.15) is 44.2 Å². The van der Waals surface area contributed by atoms with Gasteiger partial charge in [0.2, 0.25) is 5.91 Å². The Hall–Kier alpha value is -2.43. The molecular formula is C21H28N2O3. The number of anilines is 1. The van der Waals surface area contributed by atoms with Crippen molar-refractivity contribution < 1.29 is 14.4 Å². The van der Waals surface area contributed by atoms with Gasteiger partial charge in [0, 0.05) is 30.1 Å². The molecule has 0 saturated heterocycles. The van der Waals surface area contributed by atoms with Gasteiger partial charge in [-0.05, 0) is 57.2 Å². The molecule has 1 aromatic carbocycles. The number of amides is 1. The minimum absolute atomic E-state index is 0.111. The summed E-state index contributed by atoms with van der Waals surface area (Å²) in [5, 5.41) is 5.91. The second-order valence-electron chi connectivity index (χ2n) is 7.19. The number of benzene rings is 1. The molecule has 0 unspecified atom stereocenters. The number of ketones is 2. The highest BCUT2D eigenvalue weighted by Crippen LogP contribution is 2.31. The fraction of sp³-hybridized carbons (Fsp3) is 0.476. The first-order valence-electron chi connectivity index (χ1n) is 9.11. The molecule has 0 bridgehead atoms. The Morgan fingerprint density at radius 1 is 1.23 bits per heavy atom. The smallest absolute Gasteiger partial charge is 0.246 e. The van der Waals surface area contributed by atoms with Crippen LogP contribution in [0.3, 0.4) is 0 Å². The van der Waals surface area contributed by atoms with E-state index >= 15 is 0 Å². The summed E-state index contributed by atoms with van der Waals surface area (Å²) < 4.78 is 0. The standard InChI is InChI=1S/C21H28N2O3/c1-13(2)21(26)23-19(15(4)24)12-22-18-9-5-16(11-14(18)3)6-10-20(25)17-7-8-17/h5,9,11,17,19,22H,1,6-8,10,12H2,2-4H3,(H,23,26)/t19-/m0/s1. The van der Waals surface area contributed by atoms with E-state index in [0.29, 0.717) is 30.2 Å². The Kier molecular flexibility index (Phi) is 6.72. The Morgan fingerprint density at radius 2 is 1.92 bits per heavy atom. The molecule has 0 aliphatic heterocycles. The largest absolute Gasteiger partial charge is 0.382 e. The normalized spacial score (nSPS) is 14.4. The fourth-order valence-electron chi connectivity index (χ4n) is 2.75. The number of nitrogens with one attached hydrogen (secondary N) is 2.